The van der Waals surface area contributed by atoms with Crippen LogP contribution in [0.2, 0.25) is 0 Å². The summed E-state index contributed by atoms with van der Waals surface area (Å²) in [5, 5.41) is 15.6. The van der Waals surface area contributed by atoms with Gasteiger partial charge in [-0.1, -0.05) is 56.2 Å². The van der Waals surface area contributed by atoms with E-state index >= 15 is 0 Å². The molecule has 1 heterocycles. The van der Waals surface area contributed by atoms with Crippen molar-refractivity contribution in [3.05, 3.63) is 65.0 Å². The number of nitrogen functional groups attached to an aromatic ring is 1. The van der Waals surface area contributed by atoms with E-state index in [0.29, 0.717) is 25.3 Å². The van der Waals surface area contributed by atoms with E-state index in [9.17, 15) is 18.8 Å². The van der Waals surface area contributed by atoms with Crippen LogP contribution >= 0.6 is 0 Å². The number of likely N-dealkylation sites (N-methyl/N-ethyl adjacent to an activating group) is 1. The van der Waals surface area contributed by atoms with Gasteiger partial charge in [-0.15, -0.1) is 0 Å². The lowest BCUT2D eigenvalue weighted by atomic mass is 9.98. The third kappa shape index (κ3) is 11.9. The van der Waals surface area contributed by atoms with Crippen molar-refractivity contribution < 1.29 is 23.5 Å². The first-order valence-corrected chi connectivity index (χ1v) is 14.4. The van der Waals surface area contributed by atoms with E-state index < -0.39 is 11.9 Å². The molecule has 42 heavy (non-hydrogen) atoms. The summed E-state index contributed by atoms with van der Waals surface area (Å²) >= 11 is 0. The average molecular weight is 585 g/mol. The van der Waals surface area contributed by atoms with Crippen LogP contribution in [0.15, 0.2) is 42.5 Å². The molecule has 2 aromatic carbocycles. The molecule has 11 heteroatoms. The first kappa shape index (κ1) is 34.2. The minimum Gasteiger partial charge on any atom is -0.492 e. The molecule has 10 nitrogen and oxygen atoms in total. The monoisotopic (exact) mass is 584 g/mol. The Bertz CT molecular complexity index is 1190. The summed E-state index contributed by atoms with van der Waals surface area (Å²) in [7, 11) is 1.57. The zero-order chi connectivity index (χ0) is 31.1. The first-order chi connectivity index (χ1) is 20.0. The van der Waals surface area contributed by atoms with Crippen LogP contribution in [0.4, 0.5) is 4.39 Å². The number of hydrogen-bond donors (Lipinski definition) is 5. The molecule has 0 bridgehead atoms. The zero-order valence-corrected chi connectivity index (χ0v) is 25.1. The van der Waals surface area contributed by atoms with Gasteiger partial charge in [0.2, 0.25) is 17.7 Å². The van der Waals surface area contributed by atoms with Gasteiger partial charge < -0.3 is 31.3 Å². The van der Waals surface area contributed by atoms with E-state index in [2.05, 4.69) is 16.0 Å². The van der Waals surface area contributed by atoms with Crippen molar-refractivity contribution in [1.29, 1.82) is 5.41 Å². The molecule has 2 aromatic rings. The van der Waals surface area contributed by atoms with Crippen LogP contribution in [0.25, 0.3) is 0 Å². The average Bonchev–Trinajstić information content (AvgIpc) is 2.96. The molecule has 3 amide bonds. The van der Waals surface area contributed by atoms with Gasteiger partial charge in [-0.2, -0.15) is 0 Å². The Morgan fingerprint density at radius 3 is 2.48 bits per heavy atom. The van der Waals surface area contributed by atoms with E-state index in [4.69, 9.17) is 15.9 Å². The maximum absolute atomic E-state index is 13.8. The number of fused-ring (bicyclic) bond motifs is 1. The molecule has 0 radical (unpaired) electrons. The molecule has 0 aromatic heterocycles. The van der Waals surface area contributed by atoms with E-state index in [0.717, 1.165) is 30.4 Å². The summed E-state index contributed by atoms with van der Waals surface area (Å²) in [5.41, 5.74) is 8.12. The minimum absolute atomic E-state index is 0.0395. The maximum atomic E-state index is 13.8. The summed E-state index contributed by atoms with van der Waals surface area (Å²) in [6.45, 7) is 6.85. The Morgan fingerprint density at radius 1 is 1.10 bits per heavy atom. The second-order valence-electron chi connectivity index (χ2n) is 10.5. The Morgan fingerprint density at radius 2 is 1.81 bits per heavy atom. The molecular weight excluding hydrogens is 539 g/mol. The summed E-state index contributed by atoms with van der Waals surface area (Å²) in [6.07, 6.45) is 3.00. The summed E-state index contributed by atoms with van der Waals surface area (Å²) in [4.78, 5) is 38.4. The fraction of sp³-hybridized carbons (Fsp3) is 0.484. The molecule has 0 spiro atoms. The summed E-state index contributed by atoms with van der Waals surface area (Å²) in [6, 6.07) is 11.6. The van der Waals surface area contributed by atoms with E-state index in [1.165, 1.54) is 22.6 Å². The van der Waals surface area contributed by atoms with Crippen LogP contribution < -0.4 is 26.4 Å². The number of hydrogen-bond acceptors (Lipinski definition) is 6. The van der Waals surface area contributed by atoms with E-state index in [1.54, 1.807) is 13.1 Å². The van der Waals surface area contributed by atoms with Gasteiger partial charge in [-0.25, -0.2) is 4.39 Å². The number of rotatable bonds is 3. The number of amidine groups is 1. The Kier molecular flexibility index (Phi) is 14.5. The fourth-order valence-corrected chi connectivity index (χ4v) is 4.24. The third-order valence-corrected chi connectivity index (χ3v) is 6.99. The highest BCUT2D eigenvalue weighted by molar-refractivity contribution is 5.94. The first-order valence-electron chi connectivity index (χ1n) is 14.4. The molecule has 0 saturated heterocycles. The largest absolute Gasteiger partial charge is 0.492 e. The fourth-order valence-electron chi connectivity index (χ4n) is 4.24. The zero-order valence-electron chi connectivity index (χ0n) is 25.1. The van der Waals surface area contributed by atoms with Gasteiger partial charge in [0, 0.05) is 31.8 Å². The quantitative estimate of drug-likeness (QED) is 0.277. The number of amides is 3. The van der Waals surface area contributed by atoms with Gasteiger partial charge in [0.1, 0.15) is 24.0 Å². The lowest BCUT2D eigenvalue weighted by Crippen LogP contribution is -2.52. The molecule has 1 aliphatic rings. The van der Waals surface area contributed by atoms with Crippen molar-refractivity contribution >= 4 is 23.6 Å². The van der Waals surface area contributed by atoms with Crippen molar-refractivity contribution in [2.24, 2.45) is 11.7 Å². The normalized spacial score (nSPS) is 18.4. The van der Waals surface area contributed by atoms with E-state index in [-0.39, 0.29) is 49.1 Å². The number of carbonyl (C=O) groups is 3. The molecule has 230 valence electrons. The van der Waals surface area contributed by atoms with Crippen LogP contribution in [0.1, 0.15) is 49.8 Å². The van der Waals surface area contributed by atoms with E-state index in [1.807, 2.05) is 45.0 Å². The van der Waals surface area contributed by atoms with Gasteiger partial charge in [-0.3, -0.25) is 19.8 Å². The van der Waals surface area contributed by atoms with Crippen molar-refractivity contribution in [2.75, 3.05) is 39.8 Å². The Labute approximate surface area is 248 Å². The van der Waals surface area contributed by atoms with Crippen LogP contribution in [-0.4, -0.2) is 74.3 Å². The minimum atomic E-state index is -0.487. The molecule has 1 aliphatic heterocycles. The second kappa shape index (κ2) is 17.7. The van der Waals surface area contributed by atoms with Crippen molar-refractivity contribution in [3.63, 3.8) is 0 Å². The Balaban J connectivity index is 0.000000518. The summed E-state index contributed by atoms with van der Waals surface area (Å²) in [5.74, 6) is -0.588. The molecule has 2 atom stereocenters. The number of nitrogens with one attached hydrogen (secondary N) is 4. The van der Waals surface area contributed by atoms with Gasteiger partial charge in [0.05, 0.1) is 19.1 Å². The molecule has 2 unspecified atom stereocenters. The predicted octanol–water partition coefficient (Wildman–Crippen LogP) is 2.51. The number of nitrogens with two attached hydrogens (primary N) is 1. The SMILES string of the molecule is CCC(C)C1NCCOc2cc(F)ccc2CCCCNC(=O)CNC(=O)CN(C)C1=O.Cc1ccc(C(=N)N)cc1. The Hall–Kier alpha value is -3.99. The van der Waals surface area contributed by atoms with Gasteiger partial charge >= 0.3 is 0 Å². The number of nitrogens with zero attached hydrogens (tertiary/aromatic N) is 1. The highest BCUT2D eigenvalue weighted by Gasteiger charge is 2.27. The van der Waals surface area contributed by atoms with Crippen LogP contribution in [0.3, 0.4) is 0 Å². The number of ether oxygens (including phenoxy) is 1. The highest BCUT2D eigenvalue weighted by atomic mass is 19.1. The van der Waals surface area contributed by atoms with Gasteiger partial charge in [0.15, 0.2) is 0 Å². The number of carbonyl (C=O) groups excluding carboxylic acids is 3. The van der Waals surface area contributed by atoms with Crippen LogP contribution in [0.5, 0.6) is 5.75 Å². The van der Waals surface area contributed by atoms with Gasteiger partial charge in [0.25, 0.3) is 0 Å². The van der Waals surface area contributed by atoms with Crippen molar-refractivity contribution in [3.8, 4) is 5.75 Å². The van der Waals surface area contributed by atoms with Crippen LogP contribution in [-0.2, 0) is 20.8 Å². The van der Waals surface area contributed by atoms with Crippen molar-refractivity contribution in [1.82, 2.24) is 20.9 Å². The molecular formula is C31H45FN6O4. The van der Waals surface area contributed by atoms with Crippen LogP contribution in [0, 0.1) is 24.1 Å². The second-order valence-corrected chi connectivity index (χ2v) is 10.5. The number of benzene rings is 2. The predicted molar refractivity (Wildman–Crippen MR) is 162 cm³/mol. The highest BCUT2D eigenvalue weighted by Crippen LogP contribution is 2.22. The molecule has 0 aliphatic carbocycles. The standard InChI is InChI=1S/C23H35FN4O4.C8H10N2/c1-4-16(2)22-23(31)28(3)15-21(30)27-14-20(29)25-10-6-5-7-17-8-9-18(24)13-19(17)32-12-11-26-22;1-6-2-4-7(5-3-6)8(9)10/h8-9,13,16,22,26H,4-7,10-12,14-15H2,1-3H3,(H,25,29)(H,27,30);2-5H,1H3,(H3,9,10). The van der Waals surface area contributed by atoms with Gasteiger partial charge in [-0.05, 0) is 43.7 Å². The molecule has 6 N–H and O–H groups in total. The molecule has 0 fully saturated rings. The smallest absolute Gasteiger partial charge is 0.240 e. The lowest BCUT2D eigenvalue weighted by Gasteiger charge is -2.28. The molecule has 0 saturated carbocycles. The molecule has 3 rings (SSSR count). The third-order valence-electron chi connectivity index (χ3n) is 6.99. The number of aryl methyl sites for hydroxylation is 2. The van der Waals surface area contributed by atoms with Crippen molar-refractivity contribution in [2.45, 2.75) is 52.5 Å². The topological polar surface area (TPSA) is 150 Å². The maximum Gasteiger partial charge on any atom is 0.240 e. The lowest BCUT2D eigenvalue weighted by molar-refractivity contribution is -0.137. The summed E-state index contributed by atoms with van der Waals surface area (Å²) < 4.78 is 19.6. The number of halogens is 1.